The minimum atomic E-state index is -2.53. The highest BCUT2D eigenvalue weighted by atomic mass is 19.3. The van der Waals surface area contributed by atoms with E-state index in [1.807, 2.05) is 13.0 Å². The van der Waals surface area contributed by atoms with Crippen LogP contribution < -0.4 is 4.90 Å². The molecule has 3 aliphatic rings. The molecule has 0 aliphatic carbocycles. The van der Waals surface area contributed by atoms with Crippen LogP contribution in [0.2, 0.25) is 0 Å². The third-order valence-electron chi connectivity index (χ3n) is 4.91. The molecule has 3 fully saturated rings. The van der Waals surface area contributed by atoms with Gasteiger partial charge in [0.25, 0.3) is 6.43 Å². The van der Waals surface area contributed by atoms with Gasteiger partial charge in [0.2, 0.25) is 5.95 Å². The average Bonchev–Trinajstić information content (AvgIpc) is 2.94. The molecule has 6 nitrogen and oxygen atoms in total. The van der Waals surface area contributed by atoms with Crippen molar-refractivity contribution in [3.63, 3.8) is 0 Å². The first-order valence-corrected chi connectivity index (χ1v) is 8.12. The Morgan fingerprint density at radius 1 is 1.29 bits per heavy atom. The lowest BCUT2D eigenvalue weighted by molar-refractivity contribution is -0.00990. The van der Waals surface area contributed by atoms with E-state index in [9.17, 15) is 8.78 Å². The van der Waals surface area contributed by atoms with Gasteiger partial charge in [0, 0.05) is 62.4 Å². The van der Waals surface area contributed by atoms with E-state index in [1.165, 1.54) is 4.68 Å². The summed E-state index contributed by atoms with van der Waals surface area (Å²) in [7, 11) is 1.68. The molecular weight excluding hydrogens is 314 g/mol. The molecule has 0 saturated carbocycles. The zero-order valence-corrected chi connectivity index (χ0v) is 13.7. The minimum Gasteiger partial charge on any atom is -0.338 e. The molecule has 2 aromatic rings. The van der Waals surface area contributed by atoms with Crippen molar-refractivity contribution in [1.82, 2.24) is 24.6 Å². The summed E-state index contributed by atoms with van der Waals surface area (Å²) >= 11 is 0. The summed E-state index contributed by atoms with van der Waals surface area (Å²) in [6.07, 6.45) is 2.06. The van der Waals surface area contributed by atoms with Crippen molar-refractivity contribution in [2.45, 2.75) is 38.4 Å². The monoisotopic (exact) mass is 334 g/mol. The van der Waals surface area contributed by atoms with Gasteiger partial charge in [-0.05, 0) is 19.4 Å². The van der Waals surface area contributed by atoms with E-state index in [-0.39, 0.29) is 5.69 Å². The number of rotatable bonds is 4. The number of alkyl halides is 2. The molecule has 5 heterocycles. The Balaban J connectivity index is 1.46. The van der Waals surface area contributed by atoms with Crippen LogP contribution in [0.4, 0.5) is 14.7 Å². The van der Waals surface area contributed by atoms with Crippen molar-refractivity contribution in [1.29, 1.82) is 0 Å². The fourth-order valence-corrected chi connectivity index (χ4v) is 3.75. The van der Waals surface area contributed by atoms with Crippen molar-refractivity contribution in [2.75, 3.05) is 18.0 Å². The van der Waals surface area contributed by atoms with Gasteiger partial charge < -0.3 is 4.90 Å². The van der Waals surface area contributed by atoms with Crippen LogP contribution in [0.1, 0.15) is 29.8 Å². The minimum absolute atomic E-state index is 0.0960. The smallest absolute Gasteiger partial charge is 0.282 e. The van der Waals surface area contributed by atoms with Crippen molar-refractivity contribution in [2.24, 2.45) is 7.05 Å². The summed E-state index contributed by atoms with van der Waals surface area (Å²) in [6.45, 7) is 4.16. The first-order valence-electron chi connectivity index (χ1n) is 8.12. The van der Waals surface area contributed by atoms with Crippen molar-refractivity contribution in [3.05, 3.63) is 35.4 Å². The Morgan fingerprint density at radius 3 is 2.71 bits per heavy atom. The van der Waals surface area contributed by atoms with Gasteiger partial charge in [0.15, 0.2) is 0 Å². The van der Waals surface area contributed by atoms with E-state index >= 15 is 0 Å². The quantitative estimate of drug-likeness (QED) is 0.855. The molecule has 2 bridgehead atoms. The Labute approximate surface area is 139 Å². The van der Waals surface area contributed by atoms with Crippen LogP contribution in [0.5, 0.6) is 0 Å². The highest BCUT2D eigenvalue weighted by Gasteiger charge is 2.45. The number of aryl methyl sites for hydroxylation is 2. The fraction of sp³-hybridized carbons (Fsp3) is 0.562. The van der Waals surface area contributed by atoms with E-state index < -0.39 is 6.43 Å². The third-order valence-corrected chi connectivity index (χ3v) is 4.91. The molecule has 2 aromatic heterocycles. The number of fused-ring (bicyclic) bond motifs is 2. The number of anilines is 1. The second-order valence-corrected chi connectivity index (χ2v) is 6.63. The average molecular weight is 334 g/mol. The summed E-state index contributed by atoms with van der Waals surface area (Å²) in [5, 5.41) is 3.90. The molecule has 5 rings (SSSR count). The molecular formula is C16H20F2N6. The van der Waals surface area contributed by atoms with Crippen LogP contribution in [0.3, 0.4) is 0 Å². The van der Waals surface area contributed by atoms with Crippen LogP contribution in [0.25, 0.3) is 0 Å². The first kappa shape index (κ1) is 15.4. The molecule has 0 N–H and O–H groups in total. The molecule has 3 saturated heterocycles. The molecule has 2 unspecified atom stereocenters. The molecule has 3 aliphatic heterocycles. The van der Waals surface area contributed by atoms with Gasteiger partial charge in [-0.1, -0.05) is 0 Å². The summed E-state index contributed by atoms with van der Waals surface area (Å²) in [6, 6.07) is 2.60. The van der Waals surface area contributed by atoms with Gasteiger partial charge in [-0.3, -0.25) is 9.58 Å². The topological polar surface area (TPSA) is 50.1 Å². The number of hydrogen-bond acceptors (Lipinski definition) is 5. The van der Waals surface area contributed by atoms with Crippen LogP contribution in [0, 0.1) is 6.92 Å². The maximum Gasteiger partial charge on any atom is 0.282 e. The zero-order valence-electron chi connectivity index (χ0n) is 13.7. The maximum atomic E-state index is 13.1. The van der Waals surface area contributed by atoms with Crippen LogP contribution in [0.15, 0.2) is 18.5 Å². The lowest BCUT2D eigenvalue weighted by atomic mass is 9.87. The highest BCUT2D eigenvalue weighted by molar-refractivity contribution is 5.34. The van der Waals surface area contributed by atoms with E-state index in [0.717, 1.165) is 31.2 Å². The molecule has 2 atom stereocenters. The van der Waals surface area contributed by atoms with E-state index in [2.05, 4.69) is 24.9 Å². The summed E-state index contributed by atoms with van der Waals surface area (Å²) in [5.41, 5.74) is 1.48. The number of piperazine rings is 1. The van der Waals surface area contributed by atoms with E-state index in [1.54, 1.807) is 19.4 Å². The largest absolute Gasteiger partial charge is 0.338 e. The zero-order chi connectivity index (χ0) is 16.8. The van der Waals surface area contributed by atoms with Gasteiger partial charge >= 0.3 is 0 Å². The molecule has 24 heavy (non-hydrogen) atoms. The lowest BCUT2D eigenvalue weighted by Gasteiger charge is -2.56. The Kier molecular flexibility index (Phi) is 3.71. The molecule has 128 valence electrons. The Hall–Kier alpha value is -2.09. The van der Waals surface area contributed by atoms with Gasteiger partial charge in [0.05, 0.1) is 0 Å². The Morgan fingerprint density at radius 2 is 2.04 bits per heavy atom. The SMILES string of the molecule is Cc1ccnc(N2CC3CC(C2)N3Cc2cn(C)nc2C(F)F)n1. The summed E-state index contributed by atoms with van der Waals surface area (Å²) in [5.74, 6) is 0.763. The molecule has 0 aromatic carbocycles. The van der Waals surface area contributed by atoms with Gasteiger partial charge in [-0.2, -0.15) is 5.10 Å². The molecule has 8 heteroatoms. The predicted octanol–water partition coefficient (Wildman–Crippen LogP) is 1.92. The van der Waals surface area contributed by atoms with E-state index in [0.29, 0.717) is 24.2 Å². The standard InChI is InChI=1S/C16H20F2N6/c1-10-3-4-19-16(20-10)23-8-12-5-13(9-23)24(12)7-11-6-22(2)21-14(11)15(17)18/h3-4,6,12-13,15H,5,7-9H2,1-2H3. The fourth-order valence-electron chi connectivity index (χ4n) is 3.75. The maximum absolute atomic E-state index is 13.1. The van der Waals surface area contributed by atoms with Crippen LogP contribution in [-0.2, 0) is 13.6 Å². The number of halogens is 2. The molecule has 0 amide bonds. The summed E-state index contributed by atoms with van der Waals surface area (Å²) < 4.78 is 27.7. The number of nitrogens with zero attached hydrogens (tertiary/aromatic N) is 6. The first-order chi connectivity index (χ1) is 11.5. The second kappa shape index (κ2) is 5.77. The molecule has 0 radical (unpaired) electrons. The van der Waals surface area contributed by atoms with Crippen molar-refractivity contribution >= 4 is 5.95 Å². The van der Waals surface area contributed by atoms with Gasteiger partial charge in [-0.15, -0.1) is 0 Å². The summed E-state index contributed by atoms with van der Waals surface area (Å²) in [4.78, 5) is 13.3. The predicted molar refractivity (Wildman–Crippen MR) is 84.9 cm³/mol. The lowest BCUT2D eigenvalue weighted by Crippen LogP contribution is -2.68. The Bertz CT molecular complexity index is 734. The van der Waals surface area contributed by atoms with Gasteiger partial charge in [-0.25, -0.2) is 18.7 Å². The van der Waals surface area contributed by atoms with Crippen molar-refractivity contribution < 1.29 is 8.78 Å². The number of hydrogen-bond donors (Lipinski definition) is 0. The van der Waals surface area contributed by atoms with Crippen molar-refractivity contribution in [3.8, 4) is 0 Å². The van der Waals surface area contributed by atoms with Crippen LogP contribution in [-0.4, -0.2) is 49.8 Å². The number of piperidine rings is 1. The van der Waals surface area contributed by atoms with Gasteiger partial charge in [0.1, 0.15) is 5.69 Å². The third kappa shape index (κ3) is 2.64. The molecule has 0 spiro atoms. The highest BCUT2D eigenvalue weighted by Crippen LogP contribution is 2.36. The number of aromatic nitrogens is 4. The van der Waals surface area contributed by atoms with Crippen LogP contribution >= 0.6 is 0 Å². The van der Waals surface area contributed by atoms with E-state index in [4.69, 9.17) is 0 Å². The second-order valence-electron chi connectivity index (χ2n) is 6.63. The normalized spacial score (nSPS) is 23.6.